The molecule has 0 aromatic carbocycles. The number of aromatic nitrogens is 3. The summed E-state index contributed by atoms with van der Waals surface area (Å²) in [6.07, 6.45) is 5.16. The summed E-state index contributed by atoms with van der Waals surface area (Å²) in [6, 6.07) is 3.88. The van der Waals surface area contributed by atoms with Gasteiger partial charge in [-0.15, -0.1) is 0 Å². The molecule has 0 bridgehead atoms. The van der Waals surface area contributed by atoms with Crippen LogP contribution in [0.2, 0.25) is 0 Å². The molecule has 0 aliphatic carbocycles. The van der Waals surface area contributed by atoms with Gasteiger partial charge in [-0.05, 0) is 19.1 Å². The van der Waals surface area contributed by atoms with Crippen LogP contribution in [0.5, 0.6) is 0 Å². The number of aliphatic hydroxyl groups is 1. The van der Waals surface area contributed by atoms with Crippen molar-refractivity contribution in [2.45, 2.75) is 26.1 Å². The van der Waals surface area contributed by atoms with Gasteiger partial charge in [-0.1, -0.05) is 0 Å². The smallest absolute Gasteiger partial charge is 0.128 e. The van der Waals surface area contributed by atoms with E-state index in [-0.39, 0.29) is 0 Å². The van der Waals surface area contributed by atoms with E-state index < -0.39 is 6.10 Å². The first-order valence-corrected chi connectivity index (χ1v) is 6.13. The number of hydrogen-bond acceptors (Lipinski definition) is 4. The van der Waals surface area contributed by atoms with E-state index in [1.807, 2.05) is 30.7 Å². The molecule has 2 aromatic rings. The molecule has 5 heteroatoms. The minimum absolute atomic E-state index is 0.515. The lowest BCUT2D eigenvalue weighted by Gasteiger charge is -2.29. The van der Waals surface area contributed by atoms with Crippen molar-refractivity contribution in [2.24, 2.45) is 0 Å². The third kappa shape index (κ3) is 1.97. The Morgan fingerprint density at radius 1 is 1.28 bits per heavy atom. The normalized spacial score (nSPS) is 16.4. The van der Waals surface area contributed by atoms with Crippen molar-refractivity contribution in [3.8, 4) is 0 Å². The molecule has 5 nitrogen and oxygen atoms in total. The van der Waals surface area contributed by atoms with Gasteiger partial charge in [0.05, 0.1) is 30.2 Å². The molecule has 3 rings (SSSR count). The summed E-state index contributed by atoms with van der Waals surface area (Å²) in [5, 5.41) is 9.44. The van der Waals surface area contributed by atoms with Crippen LogP contribution in [0.25, 0.3) is 0 Å². The minimum Gasteiger partial charge on any atom is -0.387 e. The zero-order chi connectivity index (χ0) is 12.5. The van der Waals surface area contributed by atoms with E-state index in [9.17, 15) is 5.11 Å². The van der Waals surface area contributed by atoms with E-state index in [0.717, 1.165) is 31.1 Å². The second kappa shape index (κ2) is 4.42. The Balaban J connectivity index is 1.80. The number of pyridine rings is 1. The number of hydrogen-bond donors (Lipinski definition) is 1. The van der Waals surface area contributed by atoms with Crippen LogP contribution in [0.1, 0.15) is 24.5 Å². The summed E-state index contributed by atoms with van der Waals surface area (Å²) >= 11 is 0. The maximum absolute atomic E-state index is 9.44. The summed E-state index contributed by atoms with van der Waals surface area (Å²) in [5.41, 5.74) is 1.78. The Morgan fingerprint density at radius 3 is 2.89 bits per heavy atom. The molecule has 0 fully saturated rings. The lowest BCUT2D eigenvalue weighted by molar-refractivity contribution is 0.194. The molecule has 0 unspecified atom stereocenters. The highest BCUT2D eigenvalue weighted by Gasteiger charge is 2.17. The molecule has 0 saturated carbocycles. The van der Waals surface area contributed by atoms with Crippen molar-refractivity contribution >= 4 is 5.69 Å². The SMILES string of the molecule is C[C@H](O)c1ccc(N2CCn3ccnc3C2)cn1. The molecule has 0 saturated heterocycles. The van der Waals surface area contributed by atoms with Crippen LogP contribution in [0.3, 0.4) is 0 Å². The quantitative estimate of drug-likeness (QED) is 0.866. The Labute approximate surface area is 106 Å². The van der Waals surface area contributed by atoms with Crippen LogP contribution in [0.15, 0.2) is 30.7 Å². The Hall–Kier alpha value is -1.88. The summed E-state index contributed by atoms with van der Waals surface area (Å²) in [6.45, 7) is 4.44. The van der Waals surface area contributed by atoms with Crippen molar-refractivity contribution < 1.29 is 5.11 Å². The van der Waals surface area contributed by atoms with Crippen LogP contribution in [-0.4, -0.2) is 26.2 Å². The molecule has 0 spiro atoms. The van der Waals surface area contributed by atoms with Crippen LogP contribution >= 0.6 is 0 Å². The monoisotopic (exact) mass is 244 g/mol. The van der Waals surface area contributed by atoms with Gasteiger partial charge in [0.25, 0.3) is 0 Å². The molecule has 18 heavy (non-hydrogen) atoms. The van der Waals surface area contributed by atoms with Gasteiger partial charge in [-0.25, -0.2) is 4.98 Å². The first kappa shape index (κ1) is 11.2. The maximum atomic E-state index is 9.44. The third-order valence-corrected chi connectivity index (χ3v) is 3.31. The lowest BCUT2D eigenvalue weighted by atomic mass is 10.2. The maximum Gasteiger partial charge on any atom is 0.128 e. The van der Waals surface area contributed by atoms with Gasteiger partial charge in [-0.2, -0.15) is 0 Å². The average Bonchev–Trinajstić information content (AvgIpc) is 2.86. The predicted molar refractivity (Wildman–Crippen MR) is 68.1 cm³/mol. The number of fused-ring (bicyclic) bond motifs is 1. The fraction of sp³-hybridized carbons (Fsp3) is 0.385. The van der Waals surface area contributed by atoms with E-state index in [1.165, 1.54) is 0 Å². The number of aliphatic hydroxyl groups excluding tert-OH is 1. The van der Waals surface area contributed by atoms with Crippen molar-refractivity contribution in [3.63, 3.8) is 0 Å². The number of anilines is 1. The number of rotatable bonds is 2. The third-order valence-electron chi connectivity index (χ3n) is 3.31. The van der Waals surface area contributed by atoms with Crippen molar-refractivity contribution in [1.29, 1.82) is 0 Å². The van der Waals surface area contributed by atoms with Crippen LogP contribution in [-0.2, 0) is 13.1 Å². The Morgan fingerprint density at radius 2 is 2.17 bits per heavy atom. The second-order valence-corrected chi connectivity index (χ2v) is 4.58. The second-order valence-electron chi connectivity index (χ2n) is 4.58. The van der Waals surface area contributed by atoms with E-state index in [1.54, 1.807) is 6.92 Å². The molecule has 0 radical (unpaired) electrons. The molecule has 1 atom stereocenters. The molecular formula is C13H16N4O. The fourth-order valence-corrected chi connectivity index (χ4v) is 2.23. The molecule has 1 N–H and O–H groups in total. The summed E-state index contributed by atoms with van der Waals surface area (Å²) in [4.78, 5) is 10.9. The zero-order valence-corrected chi connectivity index (χ0v) is 10.3. The number of imidazole rings is 1. The van der Waals surface area contributed by atoms with Gasteiger partial charge in [0.2, 0.25) is 0 Å². The van der Waals surface area contributed by atoms with Gasteiger partial charge < -0.3 is 14.6 Å². The van der Waals surface area contributed by atoms with Gasteiger partial charge >= 0.3 is 0 Å². The first-order valence-electron chi connectivity index (χ1n) is 6.13. The van der Waals surface area contributed by atoms with Crippen molar-refractivity contribution in [2.75, 3.05) is 11.4 Å². The molecule has 0 amide bonds. The standard InChI is InChI=1S/C13H16N4O/c1-10(18)12-3-2-11(8-15-12)17-7-6-16-5-4-14-13(16)9-17/h2-5,8,10,18H,6-7,9H2,1H3/t10-/m0/s1. The Kier molecular flexibility index (Phi) is 2.76. The summed E-state index contributed by atoms with van der Waals surface area (Å²) in [7, 11) is 0. The molecule has 94 valence electrons. The largest absolute Gasteiger partial charge is 0.387 e. The highest BCUT2D eigenvalue weighted by atomic mass is 16.3. The van der Waals surface area contributed by atoms with Crippen molar-refractivity contribution in [3.05, 3.63) is 42.2 Å². The highest BCUT2D eigenvalue weighted by Crippen LogP contribution is 2.20. The van der Waals surface area contributed by atoms with E-state index in [4.69, 9.17) is 0 Å². The van der Waals surface area contributed by atoms with Crippen molar-refractivity contribution in [1.82, 2.24) is 14.5 Å². The predicted octanol–water partition coefficient (Wildman–Crippen LogP) is 1.35. The van der Waals surface area contributed by atoms with Crippen LogP contribution in [0, 0.1) is 0 Å². The number of nitrogens with zero attached hydrogens (tertiary/aromatic N) is 4. The van der Waals surface area contributed by atoms with Gasteiger partial charge in [0.1, 0.15) is 5.82 Å². The summed E-state index contributed by atoms with van der Waals surface area (Å²) < 4.78 is 2.17. The molecular weight excluding hydrogens is 228 g/mol. The zero-order valence-electron chi connectivity index (χ0n) is 10.3. The lowest BCUT2D eigenvalue weighted by Crippen LogP contribution is -2.33. The molecule has 1 aliphatic rings. The van der Waals surface area contributed by atoms with E-state index in [0.29, 0.717) is 5.69 Å². The van der Waals surface area contributed by atoms with Crippen LogP contribution < -0.4 is 4.90 Å². The van der Waals surface area contributed by atoms with Gasteiger partial charge in [0.15, 0.2) is 0 Å². The fourth-order valence-electron chi connectivity index (χ4n) is 2.23. The van der Waals surface area contributed by atoms with Crippen LogP contribution in [0.4, 0.5) is 5.69 Å². The topological polar surface area (TPSA) is 54.2 Å². The summed E-state index contributed by atoms with van der Waals surface area (Å²) in [5.74, 6) is 1.08. The van der Waals surface area contributed by atoms with Gasteiger partial charge in [0, 0.05) is 25.5 Å². The van der Waals surface area contributed by atoms with Gasteiger partial charge in [-0.3, -0.25) is 4.98 Å². The molecule has 1 aliphatic heterocycles. The van der Waals surface area contributed by atoms with E-state index >= 15 is 0 Å². The minimum atomic E-state index is -0.515. The van der Waals surface area contributed by atoms with E-state index in [2.05, 4.69) is 19.4 Å². The molecule has 2 aromatic heterocycles. The molecule has 3 heterocycles. The highest BCUT2D eigenvalue weighted by molar-refractivity contribution is 5.45. The first-order chi connectivity index (χ1) is 8.74. The Bertz CT molecular complexity index is 532. The average molecular weight is 244 g/mol.